The zero-order chi connectivity index (χ0) is 10.8. The highest BCUT2D eigenvalue weighted by Crippen LogP contribution is 2.36. The van der Waals surface area contributed by atoms with Gasteiger partial charge in [0, 0.05) is 24.9 Å². The number of rotatable bonds is 2. The lowest BCUT2D eigenvalue weighted by molar-refractivity contribution is 0.218. The van der Waals surface area contributed by atoms with Crippen LogP contribution in [0, 0.1) is 11.8 Å². The lowest BCUT2D eigenvalue weighted by Gasteiger charge is -2.33. The highest BCUT2D eigenvalue weighted by atomic mass is 15.1. The molecular weight excluding hydrogens is 184 g/mol. The zero-order valence-corrected chi connectivity index (χ0v) is 10.1. The summed E-state index contributed by atoms with van der Waals surface area (Å²) in [5, 5.41) is 0. The largest absolute Gasteiger partial charge is 0.332 e. The second kappa shape index (κ2) is 4.38. The Morgan fingerprint density at radius 1 is 1.27 bits per heavy atom. The van der Waals surface area contributed by atoms with E-state index in [9.17, 15) is 0 Å². The van der Waals surface area contributed by atoms with E-state index in [1.54, 1.807) is 0 Å². The van der Waals surface area contributed by atoms with E-state index in [-0.39, 0.29) is 0 Å². The fraction of sp³-hybridized carbons (Fsp3) is 0.769. The number of aromatic nitrogens is 2. The van der Waals surface area contributed by atoms with Crippen LogP contribution in [0.25, 0.3) is 0 Å². The average Bonchev–Trinajstić information content (AvgIpc) is 2.63. The molecule has 1 aliphatic rings. The lowest BCUT2D eigenvalue weighted by Crippen LogP contribution is -2.23. The van der Waals surface area contributed by atoms with Crippen molar-refractivity contribution < 1.29 is 0 Å². The Kier molecular flexibility index (Phi) is 3.13. The quantitative estimate of drug-likeness (QED) is 0.724. The molecule has 15 heavy (non-hydrogen) atoms. The molecular formula is C13H22N2. The number of hydrogen-bond donors (Lipinski definition) is 0. The van der Waals surface area contributed by atoms with E-state index < -0.39 is 0 Å². The molecule has 84 valence electrons. The predicted octanol–water partition coefficient (Wildman–Crippen LogP) is 3.44. The monoisotopic (exact) mass is 206 g/mol. The van der Waals surface area contributed by atoms with Gasteiger partial charge in [0.05, 0.1) is 0 Å². The Balaban J connectivity index is 2.16. The van der Waals surface area contributed by atoms with Gasteiger partial charge in [-0.1, -0.05) is 20.8 Å². The Bertz CT molecular complexity index is 306. The van der Waals surface area contributed by atoms with Gasteiger partial charge in [-0.05, 0) is 31.1 Å². The van der Waals surface area contributed by atoms with Crippen LogP contribution >= 0.6 is 0 Å². The van der Waals surface area contributed by atoms with Gasteiger partial charge in [0.15, 0.2) is 0 Å². The van der Waals surface area contributed by atoms with Crippen molar-refractivity contribution in [2.45, 2.75) is 52.5 Å². The molecule has 0 saturated heterocycles. The van der Waals surface area contributed by atoms with Gasteiger partial charge in [0.2, 0.25) is 0 Å². The van der Waals surface area contributed by atoms with Crippen LogP contribution in [0.1, 0.15) is 51.9 Å². The molecule has 1 saturated carbocycles. The molecule has 1 aromatic heterocycles. The molecule has 2 atom stereocenters. The summed E-state index contributed by atoms with van der Waals surface area (Å²) >= 11 is 0. The van der Waals surface area contributed by atoms with Crippen LogP contribution in [0.5, 0.6) is 0 Å². The van der Waals surface area contributed by atoms with Gasteiger partial charge < -0.3 is 4.57 Å². The normalized spacial score (nSPS) is 31.8. The molecule has 2 heteroatoms. The zero-order valence-electron chi connectivity index (χ0n) is 10.1. The Morgan fingerprint density at radius 2 is 1.93 bits per heavy atom. The first-order chi connectivity index (χ1) is 7.20. The van der Waals surface area contributed by atoms with Gasteiger partial charge >= 0.3 is 0 Å². The van der Waals surface area contributed by atoms with Gasteiger partial charge in [-0.2, -0.15) is 0 Å². The van der Waals surface area contributed by atoms with Crippen molar-refractivity contribution in [1.82, 2.24) is 9.55 Å². The predicted molar refractivity (Wildman–Crippen MR) is 62.8 cm³/mol. The van der Waals surface area contributed by atoms with E-state index in [1.807, 2.05) is 6.20 Å². The molecule has 0 radical (unpaired) electrons. The molecule has 2 nitrogen and oxygen atoms in total. The molecule has 0 bridgehead atoms. The molecule has 1 aliphatic carbocycles. The van der Waals surface area contributed by atoms with E-state index in [2.05, 4.69) is 36.5 Å². The summed E-state index contributed by atoms with van der Waals surface area (Å²) in [6, 6.07) is 0.696. The first kappa shape index (κ1) is 10.7. The molecule has 0 amide bonds. The number of imidazole rings is 1. The van der Waals surface area contributed by atoms with Crippen LogP contribution in [0.3, 0.4) is 0 Å². The SMILES string of the molecule is CCc1nccn1C1CC(C)CC(C)C1. The Labute approximate surface area is 92.7 Å². The molecule has 0 aromatic carbocycles. The molecule has 0 N–H and O–H groups in total. The van der Waals surface area contributed by atoms with Crippen molar-refractivity contribution in [1.29, 1.82) is 0 Å². The molecule has 0 spiro atoms. The third-order valence-electron chi connectivity index (χ3n) is 3.61. The maximum Gasteiger partial charge on any atom is 0.108 e. The van der Waals surface area contributed by atoms with Crippen molar-refractivity contribution in [3.8, 4) is 0 Å². The van der Waals surface area contributed by atoms with E-state index in [0.717, 1.165) is 18.3 Å². The standard InChI is InChI=1S/C13H22N2/c1-4-13-14-5-6-15(13)12-8-10(2)7-11(3)9-12/h5-6,10-12H,4,7-9H2,1-3H3. The molecule has 1 fully saturated rings. The summed E-state index contributed by atoms with van der Waals surface area (Å²) in [7, 11) is 0. The van der Waals surface area contributed by atoms with Crippen molar-refractivity contribution in [2.24, 2.45) is 11.8 Å². The van der Waals surface area contributed by atoms with Crippen LogP contribution in [0.2, 0.25) is 0 Å². The van der Waals surface area contributed by atoms with Crippen LogP contribution in [0.15, 0.2) is 12.4 Å². The minimum atomic E-state index is 0.696. The Morgan fingerprint density at radius 3 is 2.53 bits per heavy atom. The van der Waals surface area contributed by atoms with E-state index in [1.165, 1.54) is 25.1 Å². The fourth-order valence-electron chi connectivity index (χ4n) is 3.08. The third-order valence-corrected chi connectivity index (χ3v) is 3.61. The molecule has 0 aliphatic heterocycles. The smallest absolute Gasteiger partial charge is 0.108 e. The van der Waals surface area contributed by atoms with Gasteiger partial charge in [-0.15, -0.1) is 0 Å². The Hall–Kier alpha value is -0.790. The van der Waals surface area contributed by atoms with Gasteiger partial charge in [-0.3, -0.25) is 0 Å². The van der Waals surface area contributed by atoms with Crippen molar-refractivity contribution in [3.05, 3.63) is 18.2 Å². The van der Waals surface area contributed by atoms with Gasteiger partial charge in [-0.25, -0.2) is 4.98 Å². The molecule has 2 rings (SSSR count). The van der Waals surface area contributed by atoms with Crippen LogP contribution in [-0.2, 0) is 6.42 Å². The number of aryl methyl sites for hydroxylation is 1. The minimum Gasteiger partial charge on any atom is -0.332 e. The maximum absolute atomic E-state index is 4.42. The number of nitrogens with zero attached hydrogens (tertiary/aromatic N) is 2. The summed E-state index contributed by atoms with van der Waals surface area (Å²) < 4.78 is 2.41. The molecule has 1 aromatic rings. The summed E-state index contributed by atoms with van der Waals surface area (Å²) in [6.07, 6.45) is 9.21. The van der Waals surface area contributed by atoms with Crippen molar-refractivity contribution >= 4 is 0 Å². The fourth-order valence-corrected chi connectivity index (χ4v) is 3.08. The summed E-state index contributed by atoms with van der Waals surface area (Å²) in [5.41, 5.74) is 0. The maximum atomic E-state index is 4.42. The number of hydrogen-bond acceptors (Lipinski definition) is 1. The van der Waals surface area contributed by atoms with E-state index in [0.29, 0.717) is 6.04 Å². The first-order valence-corrected chi connectivity index (χ1v) is 6.22. The summed E-state index contributed by atoms with van der Waals surface area (Å²) in [4.78, 5) is 4.42. The highest BCUT2D eigenvalue weighted by Gasteiger charge is 2.25. The van der Waals surface area contributed by atoms with Crippen LogP contribution in [0.4, 0.5) is 0 Å². The summed E-state index contributed by atoms with van der Waals surface area (Å²) in [6.45, 7) is 6.95. The van der Waals surface area contributed by atoms with Gasteiger partial charge in [0.25, 0.3) is 0 Å². The lowest BCUT2D eigenvalue weighted by atomic mass is 9.80. The second-order valence-corrected chi connectivity index (χ2v) is 5.18. The van der Waals surface area contributed by atoms with E-state index >= 15 is 0 Å². The summed E-state index contributed by atoms with van der Waals surface area (Å²) in [5.74, 6) is 2.98. The minimum absolute atomic E-state index is 0.696. The highest BCUT2D eigenvalue weighted by molar-refractivity contribution is 4.96. The van der Waals surface area contributed by atoms with Crippen molar-refractivity contribution in [3.63, 3.8) is 0 Å². The topological polar surface area (TPSA) is 17.8 Å². The molecule has 1 heterocycles. The third kappa shape index (κ3) is 2.24. The van der Waals surface area contributed by atoms with Crippen molar-refractivity contribution in [2.75, 3.05) is 0 Å². The second-order valence-electron chi connectivity index (χ2n) is 5.18. The first-order valence-electron chi connectivity index (χ1n) is 6.22. The van der Waals surface area contributed by atoms with E-state index in [4.69, 9.17) is 0 Å². The van der Waals surface area contributed by atoms with Crippen LogP contribution in [-0.4, -0.2) is 9.55 Å². The van der Waals surface area contributed by atoms with Crippen LogP contribution < -0.4 is 0 Å². The average molecular weight is 206 g/mol. The van der Waals surface area contributed by atoms with Gasteiger partial charge in [0.1, 0.15) is 5.82 Å². The molecule has 2 unspecified atom stereocenters.